The summed E-state index contributed by atoms with van der Waals surface area (Å²) < 4.78 is 16.8. The molecular formula is C18H22N2O4. The molecule has 0 saturated heterocycles. The summed E-state index contributed by atoms with van der Waals surface area (Å²) in [5.74, 6) is 2.21. The van der Waals surface area contributed by atoms with Crippen molar-refractivity contribution in [3.8, 4) is 11.5 Å². The molecule has 3 rings (SSSR count). The van der Waals surface area contributed by atoms with E-state index in [0.29, 0.717) is 31.9 Å². The summed E-state index contributed by atoms with van der Waals surface area (Å²) in [5.41, 5.74) is 1.63. The minimum Gasteiger partial charge on any atom is -0.486 e. The highest BCUT2D eigenvalue weighted by Gasteiger charge is 2.25. The third-order valence-corrected chi connectivity index (χ3v) is 4.24. The Bertz CT molecular complexity index is 706. The van der Waals surface area contributed by atoms with E-state index in [1.54, 1.807) is 4.90 Å². The Morgan fingerprint density at radius 2 is 2.04 bits per heavy atom. The first kappa shape index (κ1) is 16.4. The molecule has 0 N–H and O–H groups in total. The van der Waals surface area contributed by atoms with Gasteiger partial charge >= 0.3 is 0 Å². The van der Waals surface area contributed by atoms with Crippen molar-refractivity contribution in [3.63, 3.8) is 0 Å². The van der Waals surface area contributed by atoms with E-state index in [-0.39, 0.29) is 12.0 Å². The average Bonchev–Trinajstić information content (AvgIpc) is 2.91. The Kier molecular flexibility index (Phi) is 4.74. The van der Waals surface area contributed by atoms with Gasteiger partial charge in [0.15, 0.2) is 17.6 Å². The van der Waals surface area contributed by atoms with Gasteiger partial charge in [0.1, 0.15) is 12.4 Å². The molecule has 0 aliphatic carbocycles. The summed E-state index contributed by atoms with van der Waals surface area (Å²) >= 11 is 0. The number of nitrogens with zero attached hydrogens (tertiary/aromatic N) is 2. The molecule has 1 aliphatic rings. The SMILES string of the molecule is CCN(CC1COc2ccccc2O1)C(=O)Cc1c(C)noc1C. The van der Waals surface area contributed by atoms with Crippen LogP contribution in [-0.2, 0) is 11.2 Å². The van der Waals surface area contributed by atoms with Gasteiger partial charge in [-0.15, -0.1) is 0 Å². The molecule has 2 heterocycles. The second-order valence-electron chi connectivity index (χ2n) is 5.91. The predicted octanol–water partition coefficient (Wildman–Crippen LogP) is 2.52. The standard InChI is InChI=1S/C18H22N2O4/c1-4-20(18(21)9-15-12(2)19-24-13(15)3)10-14-11-22-16-7-5-6-8-17(16)23-14/h5-8,14H,4,9-11H2,1-3H3. The zero-order chi connectivity index (χ0) is 17.1. The van der Waals surface area contributed by atoms with Gasteiger partial charge in [0.05, 0.1) is 18.7 Å². The first-order valence-electron chi connectivity index (χ1n) is 8.16. The van der Waals surface area contributed by atoms with Gasteiger partial charge in [0, 0.05) is 12.1 Å². The number of para-hydroxylation sites is 2. The number of amides is 1. The monoisotopic (exact) mass is 330 g/mol. The van der Waals surface area contributed by atoms with Crippen molar-refractivity contribution in [2.45, 2.75) is 33.3 Å². The van der Waals surface area contributed by atoms with Crippen molar-refractivity contribution in [2.24, 2.45) is 0 Å². The maximum Gasteiger partial charge on any atom is 0.227 e. The van der Waals surface area contributed by atoms with Gasteiger partial charge in [-0.25, -0.2) is 0 Å². The molecule has 2 aromatic rings. The van der Waals surface area contributed by atoms with Crippen LogP contribution < -0.4 is 9.47 Å². The van der Waals surface area contributed by atoms with Crippen molar-refractivity contribution in [2.75, 3.05) is 19.7 Å². The number of rotatable bonds is 5. The molecule has 0 saturated carbocycles. The van der Waals surface area contributed by atoms with Crippen LogP contribution in [0.1, 0.15) is 23.9 Å². The van der Waals surface area contributed by atoms with E-state index in [0.717, 1.165) is 22.8 Å². The number of fused-ring (bicyclic) bond motifs is 1. The quantitative estimate of drug-likeness (QED) is 0.843. The van der Waals surface area contributed by atoms with Gasteiger partial charge < -0.3 is 18.9 Å². The van der Waals surface area contributed by atoms with Crippen molar-refractivity contribution >= 4 is 5.91 Å². The Labute approximate surface area is 141 Å². The van der Waals surface area contributed by atoms with Crippen LogP contribution in [0.25, 0.3) is 0 Å². The van der Waals surface area contributed by atoms with Crippen LogP contribution >= 0.6 is 0 Å². The van der Waals surface area contributed by atoms with Crippen LogP contribution in [-0.4, -0.2) is 41.8 Å². The second kappa shape index (κ2) is 6.95. The number of likely N-dealkylation sites (N-methyl/N-ethyl adjacent to an activating group) is 1. The highest BCUT2D eigenvalue weighted by atomic mass is 16.6. The minimum absolute atomic E-state index is 0.0364. The lowest BCUT2D eigenvalue weighted by Gasteiger charge is -2.31. The predicted molar refractivity (Wildman–Crippen MR) is 88.3 cm³/mol. The maximum absolute atomic E-state index is 12.6. The molecule has 0 bridgehead atoms. The normalized spacial score (nSPS) is 16.0. The van der Waals surface area contributed by atoms with Gasteiger partial charge in [0.2, 0.25) is 5.91 Å². The van der Waals surface area contributed by atoms with Crippen LogP contribution in [0.2, 0.25) is 0 Å². The molecular weight excluding hydrogens is 308 g/mol. The Balaban J connectivity index is 1.64. The van der Waals surface area contributed by atoms with E-state index in [4.69, 9.17) is 14.0 Å². The van der Waals surface area contributed by atoms with Crippen LogP contribution in [0, 0.1) is 13.8 Å². The van der Waals surface area contributed by atoms with E-state index >= 15 is 0 Å². The van der Waals surface area contributed by atoms with Gasteiger partial charge in [-0.2, -0.15) is 0 Å². The molecule has 1 atom stereocenters. The fourth-order valence-electron chi connectivity index (χ4n) is 2.82. The first-order valence-corrected chi connectivity index (χ1v) is 8.16. The smallest absolute Gasteiger partial charge is 0.227 e. The first-order chi connectivity index (χ1) is 11.6. The van der Waals surface area contributed by atoms with Gasteiger partial charge in [0.25, 0.3) is 0 Å². The number of hydrogen-bond acceptors (Lipinski definition) is 5. The highest BCUT2D eigenvalue weighted by molar-refractivity contribution is 5.79. The molecule has 0 spiro atoms. The molecule has 6 nitrogen and oxygen atoms in total. The molecule has 24 heavy (non-hydrogen) atoms. The third kappa shape index (κ3) is 3.37. The Hall–Kier alpha value is -2.50. The molecule has 1 aromatic heterocycles. The average molecular weight is 330 g/mol. The molecule has 0 radical (unpaired) electrons. The van der Waals surface area contributed by atoms with Crippen LogP contribution in [0.3, 0.4) is 0 Å². The number of carbonyl (C=O) groups is 1. The number of hydrogen-bond donors (Lipinski definition) is 0. The number of carbonyl (C=O) groups excluding carboxylic acids is 1. The molecule has 1 aliphatic heterocycles. The number of aromatic nitrogens is 1. The fraction of sp³-hybridized carbons (Fsp3) is 0.444. The van der Waals surface area contributed by atoms with Crippen LogP contribution in [0.4, 0.5) is 0 Å². The molecule has 6 heteroatoms. The summed E-state index contributed by atoms with van der Waals surface area (Å²) in [7, 11) is 0. The summed E-state index contributed by atoms with van der Waals surface area (Å²) in [4.78, 5) is 14.4. The third-order valence-electron chi connectivity index (χ3n) is 4.24. The molecule has 1 amide bonds. The molecule has 0 fully saturated rings. The van der Waals surface area contributed by atoms with Crippen LogP contribution in [0.5, 0.6) is 11.5 Å². The second-order valence-corrected chi connectivity index (χ2v) is 5.91. The molecule has 128 valence electrons. The van der Waals surface area contributed by atoms with Gasteiger partial charge in [-0.1, -0.05) is 17.3 Å². The van der Waals surface area contributed by atoms with E-state index < -0.39 is 0 Å². The molecule has 1 unspecified atom stereocenters. The van der Waals surface area contributed by atoms with Crippen molar-refractivity contribution in [1.82, 2.24) is 10.1 Å². The lowest BCUT2D eigenvalue weighted by molar-refractivity contribution is -0.131. The Morgan fingerprint density at radius 3 is 2.71 bits per heavy atom. The Morgan fingerprint density at radius 1 is 1.29 bits per heavy atom. The topological polar surface area (TPSA) is 64.8 Å². The summed E-state index contributed by atoms with van der Waals surface area (Å²) in [6.07, 6.45) is 0.118. The van der Waals surface area contributed by atoms with E-state index in [2.05, 4.69) is 5.16 Å². The zero-order valence-electron chi connectivity index (χ0n) is 14.2. The van der Waals surface area contributed by atoms with Gasteiger partial charge in [-0.3, -0.25) is 4.79 Å². The molecule has 1 aromatic carbocycles. The van der Waals surface area contributed by atoms with Crippen molar-refractivity contribution in [3.05, 3.63) is 41.3 Å². The summed E-state index contributed by atoms with van der Waals surface area (Å²) in [6.45, 7) is 7.18. The van der Waals surface area contributed by atoms with Crippen molar-refractivity contribution in [1.29, 1.82) is 0 Å². The fourth-order valence-corrected chi connectivity index (χ4v) is 2.82. The minimum atomic E-state index is -0.173. The van der Waals surface area contributed by atoms with E-state index in [9.17, 15) is 4.79 Å². The number of aryl methyl sites for hydroxylation is 2. The lowest BCUT2D eigenvalue weighted by Crippen LogP contribution is -2.44. The zero-order valence-corrected chi connectivity index (χ0v) is 14.2. The van der Waals surface area contributed by atoms with E-state index in [1.165, 1.54) is 0 Å². The summed E-state index contributed by atoms with van der Waals surface area (Å²) in [5, 5.41) is 3.90. The van der Waals surface area contributed by atoms with Crippen molar-refractivity contribution < 1.29 is 18.8 Å². The lowest BCUT2D eigenvalue weighted by atomic mass is 10.1. The van der Waals surface area contributed by atoms with Gasteiger partial charge in [-0.05, 0) is 32.9 Å². The summed E-state index contributed by atoms with van der Waals surface area (Å²) in [6, 6.07) is 7.58. The number of benzene rings is 1. The van der Waals surface area contributed by atoms with E-state index in [1.807, 2.05) is 45.0 Å². The van der Waals surface area contributed by atoms with Crippen LogP contribution in [0.15, 0.2) is 28.8 Å². The maximum atomic E-state index is 12.6. The number of ether oxygens (including phenoxy) is 2. The largest absolute Gasteiger partial charge is 0.486 e. The highest BCUT2D eigenvalue weighted by Crippen LogP contribution is 2.31.